The van der Waals surface area contributed by atoms with E-state index in [0.717, 1.165) is 33.5 Å². The molecule has 1 aromatic heterocycles. The normalized spacial score (nSPS) is 11.2. The van der Waals surface area contributed by atoms with Gasteiger partial charge in [0.2, 0.25) is 0 Å². The predicted molar refractivity (Wildman–Crippen MR) is 114 cm³/mol. The van der Waals surface area contributed by atoms with Crippen LogP contribution in [0.25, 0.3) is 22.0 Å². The van der Waals surface area contributed by atoms with Gasteiger partial charge in [0, 0.05) is 10.9 Å². The molecular formula is C22H16N4OS. The summed E-state index contributed by atoms with van der Waals surface area (Å²) in [7, 11) is 1.62. The third-order valence-electron chi connectivity index (χ3n) is 4.27. The van der Waals surface area contributed by atoms with Crippen molar-refractivity contribution in [2.24, 2.45) is 5.10 Å². The monoisotopic (exact) mass is 384 g/mol. The number of nitrogens with one attached hydrogen (secondary N) is 1. The number of hydrogen-bond donors (Lipinski definition) is 1. The van der Waals surface area contributed by atoms with E-state index in [4.69, 9.17) is 4.74 Å². The molecular weight excluding hydrogens is 368 g/mol. The molecule has 0 bridgehead atoms. The minimum Gasteiger partial charge on any atom is -0.497 e. The molecule has 0 spiro atoms. The quantitative estimate of drug-likeness (QED) is 0.374. The molecule has 0 saturated carbocycles. The van der Waals surface area contributed by atoms with Crippen LogP contribution in [0.4, 0.5) is 5.69 Å². The number of rotatable bonds is 5. The standard InChI is InChI=1S/C22H16N4OS/c1-27-17-11-9-16(10-12-17)25-26-20(13-23)22-24-21(14-28-22)19-8-4-6-15-5-2-3-7-18(15)19/h2-12,14,25H,1H3/b26-20+. The maximum Gasteiger partial charge on any atom is 0.196 e. The van der Waals surface area contributed by atoms with Gasteiger partial charge < -0.3 is 4.74 Å². The van der Waals surface area contributed by atoms with Gasteiger partial charge in [0.15, 0.2) is 10.7 Å². The van der Waals surface area contributed by atoms with Crippen LogP contribution in [0.5, 0.6) is 5.75 Å². The summed E-state index contributed by atoms with van der Waals surface area (Å²) in [5.74, 6) is 0.759. The molecule has 0 saturated heterocycles. The van der Waals surface area contributed by atoms with Crippen LogP contribution in [0.1, 0.15) is 5.01 Å². The third-order valence-corrected chi connectivity index (χ3v) is 5.11. The van der Waals surface area contributed by atoms with Crippen LogP contribution >= 0.6 is 11.3 Å². The molecule has 3 aromatic carbocycles. The smallest absolute Gasteiger partial charge is 0.196 e. The minimum atomic E-state index is 0.243. The second kappa shape index (κ2) is 7.91. The van der Waals surface area contributed by atoms with Gasteiger partial charge >= 0.3 is 0 Å². The van der Waals surface area contributed by atoms with Crippen molar-refractivity contribution < 1.29 is 4.74 Å². The number of nitrogens with zero attached hydrogens (tertiary/aromatic N) is 3. The summed E-state index contributed by atoms with van der Waals surface area (Å²) in [5.41, 5.74) is 5.79. The number of methoxy groups -OCH3 is 1. The van der Waals surface area contributed by atoms with Gasteiger partial charge in [-0.1, -0.05) is 42.5 Å². The Balaban J connectivity index is 1.62. The average molecular weight is 384 g/mol. The molecule has 136 valence electrons. The summed E-state index contributed by atoms with van der Waals surface area (Å²) in [5, 5.41) is 18.6. The summed E-state index contributed by atoms with van der Waals surface area (Å²) in [6.45, 7) is 0. The Hall–Kier alpha value is -3.69. The minimum absolute atomic E-state index is 0.243. The molecule has 0 aliphatic carbocycles. The summed E-state index contributed by atoms with van der Waals surface area (Å²) >= 11 is 1.40. The van der Waals surface area contributed by atoms with E-state index in [1.54, 1.807) is 7.11 Å². The summed E-state index contributed by atoms with van der Waals surface area (Å²) < 4.78 is 5.14. The maximum atomic E-state index is 9.52. The molecule has 1 heterocycles. The predicted octanol–water partition coefficient (Wildman–Crippen LogP) is 5.31. The molecule has 0 atom stereocenters. The van der Waals surface area contributed by atoms with Gasteiger partial charge in [-0.05, 0) is 35.0 Å². The lowest BCUT2D eigenvalue weighted by Crippen LogP contribution is -2.01. The van der Waals surface area contributed by atoms with E-state index >= 15 is 0 Å². The molecule has 0 fully saturated rings. The first-order chi connectivity index (χ1) is 13.8. The average Bonchev–Trinajstić information content (AvgIpc) is 3.24. The van der Waals surface area contributed by atoms with Crippen LogP contribution in [0.3, 0.4) is 0 Å². The van der Waals surface area contributed by atoms with Gasteiger partial charge in [-0.3, -0.25) is 5.43 Å². The fraction of sp³-hybridized carbons (Fsp3) is 0.0455. The van der Waals surface area contributed by atoms with E-state index in [2.05, 4.69) is 39.8 Å². The summed E-state index contributed by atoms with van der Waals surface area (Å²) in [6.07, 6.45) is 0. The third kappa shape index (κ3) is 3.56. The van der Waals surface area contributed by atoms with Crippen LogP contribution in [0.15, 0.2) is 77.2 Å². The zero-order chi connectivity index (χ0) is 19.3. The van der Waals surface area contributed by atoms with E-state index in [9.17, 15) is 5.26 Å². The second-order valence-corrected chi connectivity index (χ2v) is 6.84. The topological polar surface area (TPSA) is 70.3 Å². The van der Waals surface area contributed by atoms with E-state index in [0.29, 0.717) is 5.01 Å². The molecule has 5 nitrogen and oxygen atoms in total. The highest BCUT2D eigenvalue weighted by molar-refractivity contribution is 7.12. The number of anilines is 1. The summed E-state index contributed by atoms with van der Waals surface area (Å²) in [6, 6.07) is 23.8. The highest BCUT2D eigenvalue weighted by Crippen LogP contribution is 2.29. The second-order valence-electron chi connectivity index (χ2n) is 5.98. The highest BCUT2D eigenvalue weighted by atomic mass is 32.1. The van der Waals surface area contributed by atoms with E-state index < -0.39 is 0 Å². The van der Waals surface area contributed by atoms with E-state index in [-0.39, 0.29) is 5.71 Å². The first-order valence-corrected chi connectivity index (χ1v) is 9.48. The Kier molecular flexibility index (Phi) is 5.00. The van der Waals surface area contributed by atoms with Crippen LogP contribution in [0.2, 0.25) is 0 Å². The number of aromatic nitrogens is 1. The van der Waals surface area contributed by atoms with E-state index in [1.807, 2.05) is 53.9 Å². The largest absolute Gasteiger partial charge is 0.497 e. The molecule has 0 aliphatic heterocycles. The van der Waals surface area contributed by atoms with Gasteiger partial charge in [0.1, 0.15) is 11.8 Å². The number of ether oxygens (including phenoxy) is 1. The number of fused-ring (bicyclic) bond motifs is 1. The molecule has 6 heteroatoms. The Bertz CT molecular complexity index is 1180. The SMILES string of the molecule is COc1ccc(N/N=C(\C#N)c2nc(-c3cccc4ccccc34)cs2)cc1. The Morgan fingerprint density at radius 2 is 1.86 bits per heavy atom. The van der Waals surface area contributed by atoms with Gasteiger partial charge in [0.25, 0.3) is 0 Å². The van der Waals surface area contributed by atoms with Crippen molar-refractivity contribution in [3.8, 4) is 23.1 Å². The summed E-state index contributed by atoms with van der Waals surface area (Å²) in [4.78, 5) is 4.65. The molecule has 1 N–H and O–H groups in total. The lowest BCUT2D eigenvalue weighted by atomic mass is 10.0. The van der Waals surface area contributed by atoms with Crippen molar-refractivity contribution in [1.82, 2.24) is 4.98 Å². The van der Waals surface area contributed by atoms with Crippen molar-refractivity contribution in [1.29, 1.82) is 5.26 Å². The number of benzene rings is 3. The number of hydrogen-bond acceptors (Lipinski definition) is 6. The van der Waals surface area contributed by atoms with Crippen molar-refractivity contribution in [2.75, 3.05) is 12.5 Å². The van der Waals surface area contributed by atoms with Crippen LogP contribution in [-0.2, 0) is 0 Å². The van der Waals surface area contributed by atoms with Crippen molar-refractivity contribution in [2.45, 2.75) is 0 Å². The zero-order valence-electron chi connectivity index (χ0n) is 15.1. The fourth-order valence-electron chi connectivity index (χ4n) is 2.86. The molecule has 0 aliphatic rings. The highest BCUT2D eigenvalue weighted by Gasteiger charge is 2.12. The number of hydrazone groups is 1. The van der Waals surface area contributed by atoms with Crippen LogP contribution in [0, 0.1) is 11.3 Å². The Morgan fingerprint density at radius 3 is 2.64 bits per heavy atom. The number of thiazole rings is 1. The van der Waals surface area contributed by atoms with Gasteiger partial charge in [-0.2, -0.15) is 10.4 Å². The molecule has 0 radical (unpaired) electrons. The van der Waals surface area contributed by atoms with Crippen molar-refractivity contribution >= 4 is 33.5 Å². The lowest BCUT2D eigenvalue weighted by molar-refractivity contribution is 0.415. The van der Waals surface area contributed by atoms with E-state index in [1.165, 1.54) is 11.3 Å². The Labute approximate surface area is 166 Å². The first-order valence-electron chi connectivity index (χ1n) is 8.60. The zero-order valence-corrected chi connectivity index (χ0v) is 15.9. The van der Waals surface area contributed by atoms with Crippen molar-refractivity contribution in [3.05, 3.63) is 77.1 Å². The fourth-order valence-corrected chi connectivity index (χ4v) is 3.62. The molecule has 0 unspecified atom stereocenters. The number of nitriles is 1. The molecule has 4 aromatic rings. The van der Waals surface area contributed by atoms with Gasteiger partial charge in [-0.15, -0.1) is 11.3 Å². The van der Waals surface area contributed by atoms with Gasteiger partial charge in [0.05, 0.1) is 18.5 Å². The Morgan fingerprint density at radius 1 is 1.07 bits per heavy atom. The molecule has 28 heavy (non-hydrogen) atoms. The maximum absolute atomic E-state index is 9.52. The van der Waals surface area contributed by atoms with Gasteiger partial charge in [-0.25, -0.2) is 4.98 Å². The van der Waals surface area contributed by atoms with Crippen LogP contribution < -0.4 is 10.2 Å². The molecule has 4 rings (SSSR count). The van der Waals surface area contributed by atoms with Crippen LogP contribution in [-0.4, -0.2) is 17.8 Å². The lowest BCUT2D eigenvalue weighted by Gasteiger charge is -2.03. The molecule has 0 amide bonds. The first kappa shape index (κ1) is 17.7. The van der Waals surface area contributed by atoms with Crippen molar-refractivity contribution in [3.63, 3.8) is 0 Å².